The number of anilines is 1. The molecule has 4 nitrogen and oxygen atoms in total. The van der Waals surface area contributed by atoms with E-state index in [1.165, 1.54) is 25.3 Å². The van der Waals surface area contributed by atoms with E-state index >= 15 is 0 Å². The molecule has 0 aromatic heterocycles. The lowest BCUT2D eigenvalue weighted by molar-refractivity contribution is -0.0329. The number of thioether (sulfide) groups is 1. The number of hydrogen-bond donors (Lipinski definition) is 1. The number of benzene rings is 1. The smallest absolute Gasteiger partial charge is 0.441 e. The van der Waals surface area contributed by atoms with Gasteiger partial charge in [0, 0.05) is 5.75 Å². The van der Waals surface area contributed by atoms with Gasteiger partial charge in [0.1, 0.15) is 5.75 Å². The van der Waals surface area contributed by atoms with Crippen molar-refractivity contribution in [2.24, 2.45) is 0 Å². The van der Waals surface area contributed by atoms with Crippen LogP contribution in [-0.2, 0) is 4.74 Å². The minimum Gasteiger partial charge on any atom is -0.491 e. The lowest BCUT2D eigenvalue weighted by Crippen LogP contribution is -2.09. The third-order valence-electron chi connectivity index (χ3n) is 2.04. The fourth-order valence-corrected chi connectivity index (χ4v) is 1.63. The Morgan fingerprint density at radius 3 is 2.63 bits per heavy atom. The van der Waals surface area contributed by atoms with Crippen LogP contribution >= 0.6 is 11.8 Å². The van der Waals surface area contributed by atoms with Crippen LogP contribution < -0.4 is 10.5 Å². The van der Waals surface area contributed by atoms with Crippen molar-refractivity contribution in [3.05, 3.63) is 23.8 Å². The summed E-state index contributed by atoms with van der Waals surface area (Å²) in [5, 5.41) is 0. The van der Waals surface area contributed by atoms with Crippen LogP contribution in [0.4, 0.5) is 18.9 Å². The van der Waals surface area contributed by atoms with Crippen molar-refractivity contribution in [1.29, 1.82) is 0 Å². The van der Waals surface area contributed by atoms with Gasteiger partial charge in [-0.3, -0.25) is 0 Å². The van der Waals surface area contributed by atoms with E-state index in [0.717, 1.165) is 0 Å². The molecule has 0 saturated heterocycles. The van der Waals surface area contributed by atoms with E-state index in [-0.39, 0.29) is 41.1 Å². The van der Waals surface area contributed by atoms with Crippen molar-refractivity contribution in [3.8, 4) is 5.75 Å². The second kappa shape index (κ2) is 6.55. The largest absolute Gasteiger partial charge is 0.491 e. The number of hydrogen-bond acceptors (Lipinski definition) is 5. The average molecular weight is 295 g/mol. The molecule has 2 N–H and O–H groups in total. The summed E-state index contributed by atoms with van der Waals surface area (Å²) in [7, 11) is 1.23. The molecule has 0 heterocycles. The quantitative estimate of drug-likeness (QED) is 0.514. The number of ether oxygens (including phenoxy) is 2. The van der Waals surface area contributed by atoms with Gasteiger partial charge in [0.05, 0.1) is 25.0 Å². The number of halogens is 3. The van der Waals surface area contributed by atoms with Crippen LogP contribution in [0, 0.1) is 0 Å². The highest BCUT2D eigenvalue weighted by atomic mass is 32.2. The summed E-state index contributed by atoms with van der Waals surface area (Å²) in [4.78, 5) is 11.2. The van der Waals surface area contributed by atoms with Gasteiger partial charge in [0.25, 0.3) is 0 Å². The van der Waals surface area contributed by atoms with Crippen molar-refractivity contribution in [2.75, 3.05) is 25.2 Å². The van der Waals surface area contributed by atoms with Gasteiger partial charge < -0.3 is 15.2 Å². The molecule has 0 unspecified atom stereocenters. The molecular weight excluding hydrogens is 283 g/mol. The number of methoxy groups -OCH3 is 1. The van der Waals surface area contributed by atoms with E-state index in [4.69, 9.17) is 10.5 Å². The Balaban J connectivity index is 2.54. The average Bonchev–Trinajstić information content (AvgIpc) is 2.33. The maximum absolute atomic E-state index is 11.9. The van der Waals surface area contributed by atoms with Crippen molar-refractivity contribution >= 4 is 23.4 Å². The van der Waals surface area contributed by atoms with E-state index in [1.807, 2.05) is 0 Å². The third kappa shape index (κ3) is 5.29. The molecule has 1 rings (SSSR count). The molecule has 19 heavy (non-hydrogen) atoms. The van der Waals surface area contributed by atoms with Crippen LogP contribution in [0.25, 0.3) is 0 Å². The van der Waals surface area contributed by atoms with Gasteiger partial charge in [-0.05, 0) is 30.0 Å². The predicted molar refractivity (Wildman–Crippen MR) is 66.2 cm³/mol. The van der Waals surface area contributed by atoms with E-state index in [0.29, 0.717) is 0 Å². The van der Waals surface area contributed by atoms with Gasteiger partial charge in [-0.25, -0.2) is 4.79 Å². The molecule has 0 radical (unpaired) electrons. The topological polar surface area (TPSA) is 61.5 Å². The van der Waals surface area contributed by atoms with Gasteiger partial charge in [0.15, 0.2) is 0 Å². The fourth-order valence-electron chi connectivity index (χ4n) is 1.23. The SMILES string of the molecule is COC(=O)c1ccc(OCCSC(F)(F)F)c(N)c1. The first kappa shape index (κ1) is 15.5. The van der Waals surface area contributed by atoms with E-state index < -0.39 is 11.5 Å². The maximum atomic E-state index is 11.9. The molecule has 0 bridgehead atoms. The number of carbonyl (C=O) groups excluding carboxylic acids is 1. The Labute approximate surface area is 112 Å². The summed E-state index contributed by atoms with van der Waals surface area (Å²) in [6, 6.07) is 4.19. The highest BCUT2D eigenvalue weighted by molar-refractivity contribution is 8.00. The van der Waals surface area contributed by atoms with Crippen LogP contribution in [0.5, 0.6) is 5.75 Å². The van der Waals surface area contributed by atoms with Crippen molar-refractivity contribution in [3.63, 3.8) is 0 Å². The summed E-state index contributed by atoms with van der Waals surface area (Å²) >= 11 is -0.170. The van der Waals surface area contributed by atoms with Gasteiger partial charge in [-0.1, -0.05) is 0 Å². The lowest BCUT2D eigenvalue weighted by atomic mass is 10.2. The van der Waals surface area contributed by atoms with Crippen molar-refractivity contribution in [2.45, 2.75) is 5.51 Å². The molecular formula is C11H12F3NO3S. The van der Waals surface area contributed by atoms with E-state index in [1.54, 1.807) is 0 Å². The number of esters is 1. The summed E-state index contributed by atoms with van der Waals surface area (Å²) in [5.41, 5.74) is 1.76. The third-order valence-corrected chi connectivity index (χ3v) is 2.74. The van der Waals surface area contributed by atoms with Gasteiger partial charge >= 0.3 is 11.5 Å². The molecule has 0 aliphatic carbocycles. The zero-order valence-corrected chi connectivity index (χ0v) is 10.8. The number of alkyl halides is 3. The summed E-state index contributed by atoms with van der Waals surface area (Å²) < 4.78 is 45.2. The molecule has 0 aliphatic heterocycles. The Morgan fingerprint density at radius 1 is 1.42 bits per heavy atom. The molecule has 106 valence electrons. The van der Waals surface area contributed by atoms with Crippen LogP contribution in [0.3, 0.4) is 0 Å². The normalized spacial score (nSPS) is 11.2. The van der Waals surface area contributed by atoms with Crippen molar-refractivity contribution < 1.29 is 27.4 Å². The standard InChI is InChI=1S/C11H12F3NO3S/c1-17-10(16)7-2-3-9(8(15)6-7)18-4-5-19-11(12,13)14/h2-3,6H,4-5,15H2,1H3. The Morgan fingerprint density at radius 2 is 2.11 bits per heavy atom. The molecule has 8 heteroatoms. The summed E-state index contributed by atoms with van der Waals surface area (Å²) in [6.07, 6.45) is 0. The monoisotopic (exact) mass is 295 g/mol. The second-order valence-corrected chi connectivity index (χ2v) is 4.55. The molecule has 0 fully saturated rings. The first-order valence-electron chi connectivity index (χ1n) is 5.15. The molecule has 1 aromatic carbocycles. The number of carbonyl (C=O) groups is 1. The summed E-state index contributed by atoms with van der Waals surface area (Å²) in [5.74, 6) is -0.553. The van der Waals surface area contributed by atoms with Crippen LogP contribution in [0.2, 0.25) is 0 Å². The maximum Gasteiger partial charge on any atom is 0.441 e. The Bertz CT molecular complexity index is 451. The summed E-state index contributed by atoms with van der Waals surface area (Å²) in [6.45, 7) is -0.133. The van der Waals surface area contributed by atoms with Crippen LogP contribution in [-0.4, -0.2) is 30.9 Å². The lowest BCUT2D eigenvalue weighted by Gasteiger charge is -2.10. The fraction of sp³-hybridized carbons (Fsp3) is 0.364. The van der Waals surface area contributed by atoms with E-state index in [9.17, 15) is 18.0 Å². The highest BCUT2D eigenvalue weighted by Crippen LogP contribution is 2.30. The molecule has 0 spiro atoms. The number of nitrogen functional groups attached to an aromatic ring is 1. The Kier molecular flexibility index (Phi) is 5.34. The first-order chi connectivity index (χ1) is 8.83. The van der Waals surface area contributed by atoms with Crippen molar-refractivity contribution in [1.82, 2.24) is 0 Å². The zero-order valence-electron chi connectivity index (χ0n) is 9.99. The predicted octanol–water partition coefficient (Wildman–Crippen LogP) is 2.69. The second-order valence-electron chi connectivity index (χ2n) is 3.39. The van der Waals surface area contributed by atoms with Gasteiger partial charge in [0.2, 0.25) is 0 Å². The number of rotatable bonds is 5. The highest BCUT2D eigenvalue weighted by Gasteiger charge is 2.27. The minimum atomic E-state index is -4.27. The molecule has 1 aromatic rings. The molecule has 0 saturated carbocycles. The zero-order chi connectivity index (χ0) is 14.5. The van der Waals surface area contributed by atoms with Gasteiger partial charge in [-0.15, -0.1) is 0 Å². The van der Waals surface area contributed by atoms with E-state index in [2.05, 4.69) is 4.74 Å². The Hall–Kier alpha value is -1.57. The molecule has 0 amide bonds. The number of nitrogens with two attached hydrogens (primary N) is 1. The van der Waals surface area contributed by atoms with Crippen LogP contribution in [0.15, 0.2) is 18.2 Å². The minimum absolute atomic E-state index is 0.133. The van der Waals surface area contributed by atoms with Gasteiger partial charge in [-0.2, -0.15) is 13.2 Å². The molecule has 0 aliphatic rings. The van der Waals surface area contributed by atoms with Crippen LogP contribution in [0.1, 0.15) is 10.4 Å². The first-order valence-corrected chi connectivity index (χ1v) is 6.13. The molecule has 0 atom stereocenters.